The molecular formula is C30H54N3O5. The van der Waals surface area contributed by atoms with Crippen LogP contribution in [0, 0.1) is 5.92 Å². The van der Waals surface area contributed by atoms with Crippen LogP contribution in [-0.4, -0.2) is 47.7 Å². The molecule has 1 unspecified atom stereocenters. The number of carboxylic acid groups (broad SMARTS) is 1. The number of nitrogens with one attached hydrogen (secondary N) is 1. The molecule has 0 bridgehead atoms. The van der Waals surface area contributed by atoms with Gasteiger partial charge in [0.05, 0.1) is 12.0 Å². The van der Waals surface area contributed by atoms with Gasteiger partial charge >= 0.3 is 5.97 Å². The number of amides is 1. The monoisotopic (exact) mass is 536 g/mol. The summed E-state index contributed by atoms with van der Waals surface area (Å²) < 4.78 is 0. The standard InChI is InChI=1S/C30H54N3O5/c1-2-3-4-5-6-7-8-9-10-11-12-13-14-15-16-17-21-28(35)33-27(30(37)38)23-25(24-34)29(36)26(32)20-18-19-22-31/h9-10,25-27H,2-8,11-23,31-32H2,1H3,(H,33,35)(H,37,38)/b10-9-/t25?,26-,27-/m0/s1. The average Bonchev–Trinajstić information content (AvgIpc) is 2.90. The Bertz CT molecular complexity index is 668. The highest BCUT2D eigenvalue weighted by Gasteiger charge is 2.31. The van der Waals surface area contributed by atoms with Gasteiger partial charge in [0.1, 0.15) is 6.04 Å². The largest absolute Gasteiger partial charge is 0.480 e. The van der Waals surface area contributed by atoms with Crippen LogP contribution in [0.4, 0.5) is 0 Å². The van der Waals surface area contributed by atoms with Crippen molar-refractivity contribution in [3.05, 3.63) is 12.2 Å². The zero-order valence-electron chi connectivity index (χ0n) is 23.8. The molecule has 219 valence electrons. The van der Waals surface area contributed by atoms with Gasteiger partial charge in [0.2, 0.25) is 12.2 Å². The van der Waals surface area contributed by atoms with Crippen LogP contribution in [0.3, 0.4) is 0 Å². The van der Waals surface area contributed by atoms with Crippen molar-refractivity contribution in [1.82, 2.24) is 5.32 Å². The summed E-state index contributed by atoms with van der Waals surface area (Å²) in [5.74, 6) is -3.51. The van der Waals surface area contributed by atoms with Gasteiger partial charge in [0.25, 0.3) is 0 Å². The quantitative estimate of drug-likeness (QED) is 0.0645. The number of hydrogen-bond acceptors (Lipinski definition) is 6. The van der Waals surface area contributed by atoms with Crippen LogP contribution in [-0.2, 0) is 19.2 Å². The second-order valence-corrected chi connectivity index (χ2v) is 10.3. The van der Waals surface area contributed by atoms with E-state index >= 15 is 0 Å². The van der Waals surface area contributed by atoms with E-state index in [-0.39, 0.29) is 12.8 Å². The van der Waals surface area contributed by atoms with Crippen LogP contribution in [0.5, 0.6) is 0 Å². The number of ketones is 1. The van der Waals surface area contributed by atoms with Crippen LogP contribution in [0.15, 0.2) is 12.2 Å². The van der Waals surface area contributed by atoms with Gasteiger partial charge in [-0.15, -0.1) is 0 Å². The molecule has 0 aromatic rings. The minimum atomic E-state index is -1.33. The van der Waals surface area contributed by atoms with E-state index < -0.39 is 35.7 Å². The van der Waals surface area contributed by atoms with Crippen molar-refractivity contribution in [2.75, 3.05) is 6.54 Å². The maximum Gasteiger partial charge on any atom is 0.326 e. The fraction of sp³-hybridized carbons (Fsp3) is 0.800. The van der Waals surface area contributed by atoms with Crippen LogP contribution in [0.1, 0.15) is 129 Å². The first-order chi connectivity index (χ1) is 18.4. The number of aliphatic carboxylic acids is 1. The minimum Gasteiger partial charge on any atom is -0.480 e. The summed E-state index contributed by atoms with van der Waals surface area (Å²) in [7, 11) is 0. The smallest absolute Gasteiger partial charge is 0.326 e. The third-order valence-electron chi connectivity index (χ3n) is 6.84. The van der Waals surface area contributed by atoms with E-state index in [0.717, 1.165) is 25.7 Å². The molecule has 0 saturated heterocycles. The normalized spacial score (nSPS) is 13.8. The van der Waals surface area contributed by atoms with Crippen LogP contribution >= 0.6 is 0 Å². The van der Waals surface area contributed by atoms with Crippen LogP contribution in [0.2, 0.25) is 0 Å². The molecule has 0 spiro atoms. The molecule has 0 aliphatic heterocycles. The Hall–Kier alpha value is -2.06. The Morgan fingerprint density at radius 1 is 0.842 bits per heavy atom. The first-order valence-electron chi connectivity index (χ1n) is 14.9. The van der Waals surface area contributed by atoms with Crippen molar-refractivity contribution in [3.63, 3.8) is 0 Å². The molecule has 0 rings (SSSR count). The Labute approximate surface area is 230 Å². The summed E-state index contributed by atoms with van der Waals surface area (Å²) in [5.41, 5.74) is 11.3. The highest BCUT2D eigenvalue weighted by Crippen LogP contribution is 2.13. The maximum atomic E-state index is 12.4. The van der Waals surface area contributed by atoms with E-state index in [9.17, 15) is 24.3 Å². The predicted molar refractivity (Wildman–Crippen MR) is 153 cm³/mol. The van der Waals surface area contributed by atoms with Gasteiger partial charge in [-0.3, -0.25) is 14.4 Å². The number of carbonyl (C=O) groups is 3. The molecule has 3 atom stereocenters. The molecule has 0 aromatic carbocycles. The Morgan fingerprint density at radius 3 is 1.92 bits per heavy atom. The maximum absolute atomic E-state index is 12.4. The van der Waals surface area contributed by atoms with Gasteiger partial charge in [-0.05, 0) is 57.9 Å². The number of hydrogen-bond donors (Lipinski definition) is 4. The molecule has 1 radical (unpaired) electrons. The van der Waals surface area contributed by atoms with Gasteiger partial charge in [0.15, 0.2) is 5.78 Å². The van der Waals surface area contributed by atoms with Gasteiger partial charge in [-0.1, -0.05) is 83.3 Å². The summed E-state index contributed by atoms with van der Waals surface area (Å²) in [6.45, 7) is 2.72. The SMILES string of the molecule is CCCCCCCC/C=C\CCCCCCCCC(=O)N[C@@H](CC([C]=O)C(=O)[C@@H](N)CCCCN)C(=O)O. The lowest BCUT2D eigenvalue weighted by Crippen LogP contribution is -2.45. The zero-order chi connectivity index (χ0) is 28.4. The molecule has 0 aliphatic carbocycles. The van der Waals surface area contributed by atoms with Crippen molar-refractivity contribution in [1.29, 1.82) is 0 Å². The highest BCUT2D eigenvalue weighted by molar-refractivity contribution is 5.97. The molecule has 0 heterocycles. The highest BCUT2D eigenvalue weighted by atomic mass is 16.4. The van der Waals surface area contributed by atoms with Crippen molar-refractivity contribution >= 4 is 23.9 Å². The molecule has 0 aromatic heterocycles. The van der Waals surface area contributed by atoms with Gasteiger partial charge in [0, 0.05) is 6.42 Å². The van der Waals surface area contributed by atoms with E-state index in [1.807, 2.05) is 0 Å². The Morgan fingerprint density at radius 2 is 1.39 bits per heavy atom. The molecule has 0 fully saturated rings. The summed E-state index contributed by atoms with van der Waals surface area (Å²) in [6, 6.07) is -2.21. The number of carboxylic acids is 1. The first-order valence-corrected chi connectivity index (χ1v) is 14.9. The van der Waals surface area contributed by atoms with Gasteiger partial charge in [-0.25, -0.2) is 4.79 Å². The minimum absolute atomic E-state index is 0.215. The molecule has 38 heavy (non-hydrogen) atoms. The second kappa shape index (κ2) is 25.2. The molecule has 1 amide bonds. The predicted octanol–water partition coefficient (Wildman–Crippen LogP) is 5.12. The van der Waals surface area contributed by atoms with Crippen LogP contribution in [0.25, 0.3) is 0 Å². The summed E-state index contributed by atoms with van der Waals surface area (Å²) in [5, 5.41) is 11.9. The van der Waals surface area contributed by atoms with Crippen molar-refractivity contribution < 1.29 is 24.3 Å². The summed E-state index contributed by atoms with van der Waals surface area (Å²) in [6.07, 6.45) is 24.2. The van der Waals surface area contributed by atoms with Crippen molar-refractivity contribution in [2.45, 2.75) is 141 Å². The van der Waals surface area contributed by atoms with Crippen LogP contribution < -0.4 is 16.8 Å². The fourth-order valence-electron chi connectivity index (χ4n) is 4.39. The number of allylic oxidation sites excluding steroid dienone is 2. The lowest BCUT2D eigenvalue weighted by Gasteiger charge is -2.19. The average molecular weight is 537 g/mol. The van der Waals surface area contributed by atoms with Crippen molar-refractivity contribution in [2.24, 2.45) is 17.4 Å². The zero-order valence-corrected chi connectivity index (χ0v) is 23.8. The molecular weight excluding hydrogens is 482 g/mol. The third kappa shape index (κ3) is 20.0. The number of unbranched alkanes of at least 4 members (excludes halogenated alkanes) is 13. The van der Waals surface area contributed by atoms with Crippen molar-refractivity contribution in [3.8, 4) is 0 Å². The van der Waals surface area contributed by atoms with E-state index in [0.29, 0.717) is 32.2 Å². The molecule has 8 nitrogen and oxygen atoms in total. The number of nitrogens with two attached hydrogens (primary N) is 2. The molecule has 8 heteroatoms. The Kier molecular flexibility index (Phi) is 23.9. The number of rotatable bonds is 27. The third-order valence-corrected chi connectivity index (χ3v) is 6.84. The molecule has 0 saturated carbocycles. The van der Waals surface area contributed by atoms with Gasteiger partial charge < -0.3 is 21.9 Å². The summed E-state index contributed by atoms with van der Waals surface area (Å²) >= 11 is 0. The molecule has 6 N–H and O–H groups in total. The molecule has 0 aliphatic rings. The summed E-state index contributed by atoms with van der Waals surface area (Å²) in [4.78, 5) is 47.6. The van der Waals surface area contributed by atoms with E-state index in [4.69, 9.17) is 11.5 Å². The fourth-order valence-corrected chi connectivity index (χ4v) is 4.39. The number of carbonyl (C=O) groups excluding carboxylic acids is 3. The lowest BCUT2D eigenvalue weighted by atomic mass is 9.90. The second-order valence-electron chi connectivity index (χ2n) is 10.3. The first kappa shape index (κ1) is 35.9. The number of Topliss-reactive ketones (excluding diaryl/α,β-unsaturated/α-hetero) is 1. The van der Waals surface area contributed by atoms with Gasteiger partial charge in [-0.2, -0.15) is 0 Å². The Balaban J connectivity index is 4.02. The van der Waals surface area contributed by atoms with E-state index in [2.05, 4.69) is 24.4 Å². The lowest BCUT2D eigenvalue weighted by molar-refractivity contribution is -0.142. The topological polar surface area (TPSA) is 153 Å². The van der Waals surface area contributed by atoms with E-state index in [1.54, 1.807) is 6.29 Å². The van der Waals surface area contributed by atoms with E-state index in [1.165, 1.54) is 57.8 Å².